The van der Waals surface area contributed by atoms with Crippen LogP contribution in [0.5, 0.6) is 5.75 Å². The molecule has 156 valence electrons. The minimum absolute atomic E-state index is 0. The zero-order valence-electron chi connectivity index (χ0n) is 16.1. The maximum Gasteiger partial charge on any atom is 0.119 e. The number of aliphatic hydroxyl groups excluding tert-OH is 1. The van der Waals surface area contributed by atoms with Gasteiger partial charge in [0.25, 0.3) is 0 Å². The first-order valence-electron chi connectivity index (χ1n) is 9.26. The molecule has 1 aliphatic rings. The molecule has 0 saturated carbocycles. The Morgan fingerprint density at radius 3 is 2.32 bits per heavy atom. The van der Waals surface area contributed by atoms with Gasteiger partial charge in [0.15, 0.2) is 0 Å². The molecule has 1 N–H and O–H groups in total. The third-order valence-electron chi connectivity index (χ3n) is 4.79. The summed E-state index contributed by atoms with van der Waals surface area (Å²) in [4.78, 5) is 4.62. The second-order valence-corrected chi connectivity index (χ2v) is 7.17. The van der Waals surface area contributed by atoms with Crippen LogP contribution in [0.4, 0.5) is 5.69 Å². The third kappa shape index (κ3) is 7.34. The lowest BCUT2D eigenvalue weighted by Crippen LogP contribution is -2.49. The number of ether oxygens (including phenoxy) is 1. The van der Waals surface area contributed by atoms with Crippen molar-refractivity contribution in [1.29, 1.82) is 0 Å². The predicted molar refractivity (Wildman–Crippen MR) is 122 cm³/mol. The molecule has 0 aliphatic carbocycles. The molecule has 1 unspecified atom stereocenters. The van der Waals surface area contributed by atoms with Crippen molar-refractivity contribution in [2.24, 2.45) is 0 Å². The van der Waals surface area contributed by atoms with Gasteiger partial charge in [-0.25, -0.2) is 0 Å². The van der Waals surface area contributed by atoms with Crippen molar-refractivity contribution in [2.45, 2.75) is 19.4 Å². The molecule has 7 heteroatoms. The summed E-state index contributed by atoms with van der Waals surface area (Å²) in [5.41, 5.74) is 2.45. The molecule has 0 spiro atoms. The van der Waals surface area contributed by atoms with Crippen molar-refractivity contribution in [2.75, 3.05) is 44.2 Å². The average Bonchev–Trinajstić information content (AvgIpc) is 2.67. The minimum atomic E-state index is -0.487. The normalized spacial score (nSPS) is 15.3. The molecule has 1 aliphatic heterocycles. The molecule has 0 amide bonds. The zero-order chi connectivity index (χ0) is 18.4. The highest BCUT2D eigenvalue weighted by Crippen LogP contribution is 2.21. The van der Waals surface area contributed by atoms with Crippen molar-refractivity contribution < 1.29 is 9.84 Å². The molecule has 0 radical (unpaired) electrons. The van der Waals surface area contributed by atoms with Gasteiger partial charge in [0.05, 0.1) is 0 Å². The van der Waals surface area contributed by atoms with Gasteiger partial charge in [0.1, 0.15) is 18.5 Å². The number of halogens is 3. The summed E-state index contributed by atoms with van der Waals surface area (Å²) >= 11 is 6.08. The summed E-state index contributed by atoms with van der Waals surface area (Å²) in [6.07, 6.45) is 0.530. The minimum Gasteiger partial charge on any atom is -0.491 e. The van der Waals surface area contributed by atoms with Crippen LogP contribution in [0.1, 0.15) is 12.5 Å². The van der Waals surface area contributed by atoms with E-state index < -0.39 is 6.10 Å². The first kappa shape index (κ1) is 24.9. The predicted octanol–water partition coefficient (Wildman–Crippen LogP) is 4.31. The first-order chi connectivity index (χ1) is 12.6. The molecule has 1 atom stereocenters. The van der Waals surface area contributed by atoms with Gasteiger partial charge in [-0.2, -0.15) is 0 Å². The summed E-state index contributed by atoms with van der Waals surface area (Å²) in [7, 11) is 0. The molecule has 3 rings (SSSR count). The highest BCUT2D eigenvalue weighted by molar-refractivity contribution is 6.30. The first-order valence-corrected chi connectivity index (χ1v) is 9.64. The van der Waals surface area contributed by atoms with Crippen LogP contribution in [0.15, 0.2) is 48.5 Å². The number of hydrogen-bond acceptors (Lipinski definition) is 4. The van der Waals surface area contributed by atoms with Crippen molar-refractivity contribution in [3.63, 3.8) is 0 Å². The highest BCUT2D eigenvalue weighted by atomic mass is 35.5. The van der Waals surface area contributed by atoms with Crippen LogP contribution in [0.2, 0.25) is 5.02 Å². The summed E-state index contributed by atoms with van der Waals surface area (Å²) in [6, 6.07) is 16.0. The van der Waals surface area contributed by atoms with E-state index in [0.717, 1.165) is 49.1 Å². The Labute approximate surface area is 185 Å². The van der Waals surface area contributed by atoms with Crippen LogP contribution >= 0.6 is 36.4 Å². The number of aliphatic hydroxyl groups is 1. The van der Waals surface area contributed by atoms with E-state index in [9.17, 15) is 5.11 Å². The van der Waals surface area contributed by atoms with E-state index in [2.05, 4.69) is 34.9 Å². The van der Waals surface area contributed by atoms with Crippen molar-refractivity contribution in [1.82, 2.24) is 4.90 Å². The fourth-order valence-corrected chi connectivity index (χ4v) is 3.41. The Balaban J connectivity index is 0.00000196. The number of anilines is 1. The molecule has 1 heterocycles. The number of nitrogens with zero attached hydrogens (tertiary/aromatic N) is 2. The van der Waals surface area contributed by atoms with E-state index in [1.807, 2.05) is 30.3 Å². The zero-order valence-corrected chi connectivity index (χ0v) is 18.5. The lowest BCUT2D eigenvalue weighted by Gasteiger charge is -2.36. The van der Waals surface area contributed by atoms with E-state index in [1.54, 1.807) is 0 Å². The molecule has 28 heavy (non-hydrogen) atoms. The molecular formula is C21H29Cl3N2O2. The Hall–Kier alpha value is -1.17. The van der Waals surface area contributed by atoms with E-state index >= 15 is 0 Å². The Bertz CT molecular complexity index is 692. The van der Waals surface area contributed by atoms with E-state index in [0.29, 0.717) is 13.2 Å². The van der Waals surface area contributed by atoms with Crippen LogP contribution in [-0.4, -0.2) is 55.4 Å². The van der Waals surface area contributed by atoms with Gasteiger partial charge in [-0.3, -0.25) is 4.90 Å². The van der Waals surface area contributed by atoms with Crippen LogP contribution < -0.4 is 9.64 Å². The number of aryl methyl sites for hydroxylation is 1. The Kier molecular flexibility index (Phi) is 11.0. The molecule has 2 aromatic carbocycles. The van der Waals surface area contributed by atoms with Gasteiger partial charge in [-0.1, -0.05) is 36.7 Å². The fraction of sp³-hybridized carbons (Fsp3) is 0.429. The maximum absolute atomic E-state index is 10.3. The highest BCUT2D eigenvalue weighted by Gasteiger charge is 2.20. The lowest BCUT2D eigenvalue weighted by atomic mass is 10.2. The van der Waals surface area contributed by atoms with Crippen LogP contribution in [0, 0.1) is 0 Å². The van der Waals surface area contributed by atoms with E-state index in [1.165, 1.54) is 5.56 Å². The topological polar surface area (TPSA) is 35.9 Å². The third-order valence-corrected chi connectivity index (χ3v) is 5.02. The molecule has 2 aromatic rings. The number of hydrogen-bond donors (Lipinski definition) is 1. The average molecular weight is 448 g/mol. The van der Waals surface area contributed by atoms with Gasteiger partial charge in [-0.15, -0.1) is 24.8 Å². The lowest BCUT2D eigenvalue weighted by molar-refractivity contribution is 0.0663. The number of benzene rings is 2. The Morgan fingerprint density at radius 1 is 1.04 bits per heavy atom. The van der Waals surface area contributed by atoms with Crippen LogP contribution in [0.3, 0.4) is 0 Å². The van der Waals surface area contributed by atoms with Gasteiger partial charge in [0.2, 0.25) is 0 Å². The van der Waals surface area contributed by atoms with Crippen molar-refractivity contribution >= 4 is 42.1 Å². The number of rotatable bonds is 7. The van der Waals surface area contributed by atoms with Crippen LogP contribution in [0.25, 0.3) is 0 Å². The van der Waals surface area contributed by atoms with Gasteiger partial charge in [-0.05, 0) is 42.3 Å². The molecular weight excluding hydrogens is 419 g/mol. The molecule has 0 bridgehead atoms. The maximum atomic E-state index is 10.3. The smallest absolute Gasteiger partial charge is 0.119 e. The quantitative estimate of drug-likeness (QED) is 0.686. The summed E-state index contributed by atoms with van der Waals surface area (Å²) in [5, 5.41) is 11.1. The van der Waals surface area contributed by atoms with Gasteiger partial charge < -0.3 is 14.7 Å². The summed E-state index contributed by atoms with van der Waals surface area (Å²) < 4.78 is 5.71. The molecule has 1 saturated heterocycles. The number of β-amino-alcohol motifs (C(OH)–C–C–N with tert-alkyl or cyclic N) is 1. The molecule has 4 nitrogen and oxygen atoms in total. The fourth-order valence-electron chi connectivity index (χ4n) is 3.23. The monoisotopic (exact) mass is 446 g/mol. The van der Waals surface area contributed by atoms with Crippen molar-refractivity contribution in [3.05, 3.63) is 59.1 Å². The second-order valence-electron chi connectivity index (χ2n) is 6.73. The number of piperazine rings is 1. The second kappa shape index (κ2) is 12.4. The van der Waals surface area contributed by atoms with Gasteiger partial charge >= 0.3 is 0 Å². The van der Waals surface area contributed by atoms with Crippen LogP contribution in [-0.2, 0) is 6.42 Å². The largest absolute Gasteiger partial charge is 0.491 e. The van der Waals surface area contributed by atoms with Gasteiger partial charge in [0, 0.05) is 43.4 Å². The SMILES string of the molecule is CCc1ccc(OCC(O)CN2CCN(c3cccc(Cl)c3)CC2)cc1.Cl.Cl. The molecule has 0 aromatic heterocycles. The standard InChI is InChI=1S/C21H27ClN2O2.2ClH/c1-2-17-6-8-21(9-7-17)26-16-20(25)15-23-10-12-24(13-11-23)19-5-3-4-18(22)14-19;;/h3-9,14,20,25H,2,10-13,15-16H2,1H3;2*1H. The summed E-state index contributed by atoms with van der Waals surface area (Å²) in [6.45, 7) is 6.81. The summed E-state index contributed by atoms with van der Waals surface area (Å²) in [5.74, 6) is 0.812. The van der Waals surface area contributed by atoms with E-state index in [-0.39, 0.29) is 24.8 Å². The molecule has 1 fully saturated rings. The van der Waals surface area contributed by atoms with Crippen molar-refractivity contribution in [3.8, 4) is 5.75 Å². The Morgan fingerprint density at radius 2 is 1.71 bits per heavy atom. The van der Waals surface area contributed by atoms with E-state index in [4.69, 9.17) is 16.3 Å².